The summed E-state index contributed by atoms with van der Waals surface area (Å²) in [7, 11) is 0. The summed E-state index contributed by atoms with van der Waals surface area (Å²) in [5, 5.41) is 2.76. The summed E-state index contributed by atoms with van der Waals surface area (Å²) in [6.07, 6.45) is 4.81. The number of anilines is 1. The van der Waals surface area contributed by atoms with Crippen LogP contribution in [0.3, 0.4) is 0 Å². The second-order valence-electron chi connectivity index (χ2n) is 5.53. The van der Waals surface area contributed by atoms with E-state index in [4.69, 9.17) is 0 Å². The quantitative estimate of drug-likeness (QED) is 0.787. The molecule has 3 aromatic rings. The molecule has 0 spiro atoms. The number of rotatable bonds is 2. The number of imidazole rings is 1. The average Bonchev–Trinajstić information content (AvgIpc) is 3.01. The fraction of sp³-hybridized carbons (Fsp3) is 0.118. The molecule has 0 fully saturated rings. The molecule has 1 atom stereocenters. The lowest BCUT2D eigenvalue weighted by Crippen LogP contribution is -2.25. The minimum absolute atomic E-state index is 0.0113. The van der Waals surface area contributed by atoms with E-state index in [1.165, 1.54) is 6.33 Å². The molecule has 1 N–H and O–H groups in total. The molecule has 0 saturated carbocycles. The van der Waals surface area contributed by atoms with Crippen molar-refractivity contribution >= 4 is 11.7 Å². The van der Waals surface area contributed by atoms with Crippen molar-refractivity contribution < 1.29 is 13.6 Å². The zero-order chi connectivity index (χ0) is 16.7. The van der Waals surface area contributed by atoms with Gasteiger partial charge in [0.25, 0.3) is 0 Å². The van der Waals surface area contributed by atoms with E-state index in [0.717, 1.165) is 18.2 Å². The Balaban J connectivity index is 1.86. The maximum atomic E-state index is 14.2. The van der Waals surface area contributed by atoms with Crippen molar-refractivity contribution in [2.75, 3.05) is 5.32 Å². The Bertz CT molecular complexity index is 924. The molecule has 0 saturated heterocycles. The average molecular weight is 326 g/mol. The largest absolute Gasteiger partial charge is 0.310 e. The van der Waals surface area contributed by atoms with Crippen LogP contribution in [0.1, 0.15) is 23.6 Å². The highest BCUT2D eigenvalue weighted by Crippen LogP contribution is 2.38. The van der Waals surface area contributed by atoms with E-state index in [2.05, 4.69) is 15.3 Å². The van der Waals surface area contributed by atoms with Gasteiger partial charge in [0.2, 0.25) is 5.91 Å². The summed E-state index contributed by atoms with van der Waals surface area (Å²) in [5.41, 5.74) is 1.34. The number of nitrogens with one attached hydrogen (secondary N) is 1. The predicted octanol–water partition coefficient (Wildman–Crippen LogP) is 3.02. The molecule has 7 heteroatoms. The van der Waals surface area contributed by atoms with Gasteiger partial charge in [-0.15, -0.1) is 0 Å². The highest BCUT2D eigenvalue weighted by atomic mass is 19.1. The van der Waals surface area contributed by atoms with E-state index < -0.39 is 17.6 Å². The second-order valence-corrected chi connectivity index (χ2v) is 5.53. The van der Waals surface area contributed by atoms with Gasteiger partial charge in [0.1, 0.15) is 23.8 Å². The third-order valence-corrected chi connectivity index (χ3v) is 4.03. The van der Waals surface area contributed by atoms with Crippen LogP contribution in [0.5, 0.6) is 0 Å². The van der Waals surface area contributed by atoms with Crippen LogP contribution in [-0.2, 0) is 4.79 Å². The third kappa shape index (κ3) is 2.34. The monoisotopic (exact) mass is 326 g/mol. The standard InChI is InChI=1S/C17H12F2N4O/c18-10-3-4-14(19)12(6-10)13-7-15(24)22-17-16(13)21-9-23(17)11-2-1-5-20-8-11/h1-6,8-9,13H,7H2,(H,22,24)/t13-/m1/s1. The van der Waals surface area contributed by atoms with Gasteiger partial charge < -0.3 is 5.32 Å². The fourth-order valence-corrected chi connectivity index (χ4v) is 2.94. The van der Waals surface area contributed by atoms with Gasteiger partial charge in [0.05, 0.1) is 17.6 Å². The summed E-state index contributed by atoms with van der Waals surface area (Å²) in [6, 6.07) is 6.81. The van der Waals surface area contributed by atoms with Gasteiger partial charge >= 0.3 is 0 Å². The maximum absolute atomic E-state index is 14.2. The number of hydrogen-bond donors (Lipinski definition) is 1. The van der Waals surface area contributed by atoms with E-state index in [1.54, 1.807) is 23.0 Å². The van der Waals surface area contributed by atoms with Crippen LogP contribution in [0.2, 0.25) is 0 Å². The minimum Gasteiger partial charge on any atom is -0.310 e. The van der Waals surface area contributed by atoms with E-state index in [-0.39, 0.29) is 17.9 Å². The van der Waals surface area contributed by atoms with Crippen LogP contribution in [0, 0.1) is 11.6 Å². The molecular formula is C17H12F2N4O. The summed E-state index contributed by atoms with van der Waals surface area (Å²) in [4.78, 5) is 20.5. The first kappa shape index (κ1) is 14.5. The molecular weight excluding hydrogens is 314 g/mol. The first-order valence-electron chi connectivity index (χ1n) is 7.36. The summed E-state index contributed by atoms with van der Waals surface area (Å²) in [6.45, 7) is 0. The van der Waals surface area contributed by atoms with Gasteiger partial charge in [-0.05, 0) is 30.3 Å². The fourth-order valence-electron chi connectivity index (χ4n) is 2.94. The van der Waals surface area contributed by atoms with Crippen LogP contribution in [0.25, 0.3) is 5.69 Å². The number of nitrogens with zero attached hydrogens (tertiary/aromatic N) is 3. The molecule has 1 amide bonds. The van der Waals surface area contributed by atoms with Gasteiger partial charge in [-0.1, -0.05) is 0 Å². The number of hydrogen-bond acceptors (Lipinski definition) is 3. The Labute approximate surface area is 136 Å². The normalized spacial score (nSPS) is 16.6. The summed E-state index contributed by atoms with van der Waals surface area (Å²) in [5.74, 6) is -1.57. The van der Waals surface area contributed by atoms with Crippen LogP contribution in [0.15, 0.2) is 49.1 Å². The Morgan fingerprint density at radius 3 is 2.92 bits per heavy atom. The topological polar surface area (TPSA) is 59.8 Å². The van der Waals surface area contributed by atoms with Gasteiger partial charge in [-0.3, -0.25) is 14.3 Å². The van der Waals surface area contributed by atoms with E-state index in [0.29, 0.717) is 17.2 Å². The number of carbonyl (C=O) groups excluding carboxylic acids is 1. The number of carbonyl (C=O) groups is 1. The Morgan fingerprint density at radius 2 is 2.12 bits per heavy atom. The highest BCUT2D eigenvalue weighted by Gasteiger charge is 2.32. The molecule has 0 unspecified atom stereocenters. The van der Waals surface area contributed by atoms with Crippen molar-refractivity contribution in [1.82, 2.24) is 14.5 Å². The zero-order valence-corrected chi connectivity index (χ0v) is 12.4. The molecule has 1 aliphatic heterocycles. The molecule has 3 heterocycles. The SMILES string of the molecule is O=C1C[C@H](c2cc(F)ccc2F)c2ncn(-c3cccnc3)c2N1. The molecule has 1 aliphatic rings. The number of halogens is 2. The van der Waals surface area contributed by atoms with Crippen LogP contribution >= 0.6 is 0 Å². The third-order valence-electron chi connectivity index (χ3n) is 4.03. The minimum atomic E-state index is -0.637. The molecule has 4 rings (SSSR count). The van der Waals surface area contributed by atoms with Crippen LogP contribution < -0.4 is 5.32 Å². The molecule has 5 nitrogen and oxygen atoms in total. The van der Waals surface area contributed by atoms with Gasteiger partial charge in [0, 0.05) is 24.1 Å². The van der Waals surface area contributed by atoms with Gasteiger partial charge in [0.15, 0.2) is 0 Å². The molecule has 24 heavy (non-hydrogen) atoms. The van der Waals surface area contributed by atoms with Gasteiger partial charge in [-0.2, -0.15) is 0 Å². The highest BCUT2D eigenvalue weighted by molar-refractivity contribution is 5.94. The molecule has 0 aliphatic carbocycles. The van der Waals surface area contributed by atoms with Crippen molar-refractivity contribution in [2.45, 2.75) is 12.3 Å². The van der Waals surface area contributed by atoms with E-state index >= 15 is 0 Å². The van der Waals surface area contributed by atoms with E-state index in [9.17, 15) is 13.6 Å². The zero-order valence-electron chi connectivity index (χ0n) is 12.4. The lowest BCUT2D eigenvalue weighted by molar-refractivity contribution is -0.116. The summed E-state index contributed by atoms with van der Waals surface area (Å²) < 4.78 is 29.4. The smallest absolute Gasteiger partial charge is 0.226 e. The number of aromatic nitrogens is 3. The number of fused-ring (bicyclic) bond motifs is 1. The number of benzene rings is 1. The molecule has 2 aromatic heterocycles. The molecule has 0 radical (unpaired) electrons. The van der Waals surface area contributed by atoms with Gasteiger partial charge in [-0.25, -0.2) is 13.8 Å². The molecule has 120 valence electrons. The first-order chi connectivity index (χ1) is 11.6. The van der Waals surface area contributed by atoms with Crippen molar-refractivity contribution in [2.24, 2.45) is 0 Å². The second kappa shape index (κ2) is 5.52. The van der Waals surface area contributed by atoms with Crippen molar-refractivity contribution in [1.29, 1.82) is 0 Å². The Morgan fingerprint density at radius 1 is 1.25 bits per heavy atom. The lowest BCUT2D eigenvalue weighted by atomic mass is 9.89. The van der Waals surface area contributed by atoms with Crippen molar-refractivity contribution in [3.8, 4) is 5.69 Å². The lowest BCUT2D eigenvalue weighted by Gasteiger charge is -2.23. The number of amides is 1. The van der Waals surface area contributed by atoms with Crippen LogP contribution in [-0.4, -0.2) is 20.4 Å². The van der Waals surface area contributed by atoms with E-state index in [1.807, 2.05) is 6.07 Å². The number of pyridine rings is 1. The maximum Gasteiger partial charge on any atom is 0.226 e. The van der Waals surface area contributed by atoms with Crippen LogP contribution in [0.4, 0.5) is 14.6 Å². The Hall–Kier alpha value is -3.09. The Kier molecular flexibility index (Phi) is 3.34. The summed E-state index contributed by atoms with van der Waals surface area (Å²) >= 11 is 0. The molecule has 1 aromatic carbocycles. The predicted molar refractivity (Wildman–Crippen MR) is 82.8 cm³/mol. The van der Waals surface area contributed by atoms with Crippen molar-refractivity contribution in [3.05, 3.63) is 71.9 Å². The first-order valence-corrected chi connectivity index (χ1v) is 7.36. The molecule has 0 bridgehead atoms. The van der Waals surface area contributed by atoms with Crippen molar-refractivity contribution in [3.63, 3.8) is 0 Å².